The molecule has 4 rings (SSSR count). The molecule has 0 atom stereocenters. The molecule has 1 aliphatic rings. The van der Waals surface area contributed by atoms with E-state index in [9.17, 15) is 0 Å². The third kappa shape index (κ3) is 5.23. The summed E-state index contributed by atoms with van der Waals surface area (Å²) in [5.74, 6) is 0. The van der Waals surface area contributed by atoms with E-state index in [1.807, 2.05) is 0 Å². The van der Waals surface area contributed by atoms with Crippen LogP contribution in [0.1, 0.15) is 66.1 Å². The molecular formula is C28H34Hf-2. The first-order chi connectivity index (χ1) is 13.1. The number of benzene rings is 2. The standard InChI is InChI=1S/C18H19.C10H15.Hf/c1-18(2,3)12-16-9-8-15-10-13-6-4-5-7-14(13)11-17(15)16;1-6-7(2)9(4)10(5)8(6)3;/h4-7,10-11H,8,12H2,1-3H3;1-5H3;/q2*-1;. The van der Waals surface area contributed by atoms with Crippen molar-refractivity contribution in [3.05, 3.63) is 81.4 Å². The Labute approximate surface area is 196 Å². The fourth-order valence-corrected chi connectivity index (χ4v) is 4.11. The monoisotopic (exact) mass is 550 g/mol. The summed E-state index contributed by atoms with van der Waals surface area (Å²) >= 11 is 0. The van der Waals surface area contributed by atoms with E-state index in [-0.39, 0.29) is 25.8 Å². The first-order valence-corrected chi connectivity index (χ1v) is 10.4. The average molecular weight is 549 g/mol. The average Bonchev–Trinajstić information content (AvgIpc) is 3.10. The molecule has 0 radical (unpaired) electrons. The van der Waals surface area contributed by atoms with Gasteiger partial charge < -0.3 is 0 Å². The van der Waals surface area contributed by atoms with Gasteiger partial charge in [-0.05, 0) is 16.2 Å². The Morgan fingerprint density at radius 3 is 1.86 bits per heavy atom. The Morgan fingerprint density at radius 2 is 1.41 bits per heavy atom. The topological polar surface area (TPSA) is 0 Å². The first kappa shape index (κ1) is 23.9. The molecule has 0 heterocycles. The second-order valence-corrected chi connectivity index (χ2v) is 9.55. The molecule has 0 N–H and O–H groups in total. The second kappa shape index (κ2) is 9.21. The van der Waals surface area contributed by atoms with E-state index in [1.165, 1.54) is 55.3 Å². The van der Waals surface area contributed by atoms with E-state index >= 15 is 0 Å². The molecule has 0 aromatic heterocycles. The van der Waals surface area contributed by atoms with Gasteiger partial charge in [-0.1, -0.05) is 92.1 Å². The van der Waals surface area contributed by atoms with Crippen LogP contribution >= 0.6 is 0 Å². The fraction of sp³-hybridized carbons (Fsp3) is 0.393. The van der Waals surface area contributed by atoms with Crippen LogP contribution in [0.4, 0.5) is 0 Å². The molecule has 1 heteroatoms. The van der Waals surface area contributed by atoms with Crippen molar-refractivity contribution in [1.29, 1.82) is 0 Å². The maximum absolute atomic E-state index is 3.57. The van der Waals surface area contributed by atoms with Gasteiger partial charge in [-0.25, -0.2) is 5.57 Å². The molecule has 0 spiro atoms. The minimum Gasteiger partial charge on any atom is -0.268 e. The summed E-state index contributed by atoms with van der Waals surface area (Å²) in [6.07, 6.45) is 5.66. The van der Waals surface area contributed by atoms with Gasteiger partial charge >= 0.3 is 0 Å². The van der Waals surface area contributed by atoms with E-state index < -0.39 is 0 Å². The largest absolute Gasteiger partial charge is 0.268 e. The van der Waals surface area contributed by atoms with Gasteiger partial charge in [0.1, 0.15) is 0 Å². The third-order valence-corrected chi connectivity index (χ3v) is 6.31. The van der Waals surface area contributed by atoms with E-state index in [0.717, 1.165) is 12.8 Å². The van der Waals surface area contributed by atoms with Gasteiger partial charge in [0.05, 0.1) is 0 Å². The predicted octanol–water partition coefficient (Wildman–Crippen LogP) is 7.96. The fourth-order valence-electron chi connectivity index (χ4n) is 4.11. The summed E-state index contributed by atoms with van der Waals surface area (Å²) in [5.41, 5.74) is 11.9. The maximum atomic E-state index is 3.57. The van der Waals surface area contributed by atoms with Gasteiger partial charge in [0.2, 0.25) is 0 Å². The maximum Gasteiger partial charge on any atom is 0 e. The summed E-state index contributed by atoms with van der Waals surface area (Å²) in [6, 6.07) is 13.3. The van der Waals surface area contributed by atoms with Gasteiger partial charge in [-0.15, -0.1) is 18.1 Å². The van der Waals surface area contributed by atoms with Crippen molar-refractivity contribution in [2.45, 2.75) is 68.2 Å². The van der Waals surface area contributed by atoms with Crippen LogP contribution in [-0.4, -0.2) is 0 Å². The van der Waals surface area contributed by atoms with Crippen LogP contribution in [0.15, 0.2) is 36.4 Å². The molecular weight excluding hydrogens is 515 g/mol. The van der Waals surface area contributed by atoms with Crippen molar-refractivity contribution in [3.63, 3.8) is 0 Å². The van der Waals surface area contributed by atoms with Crippen molar-refractivity contribution in [3.8, 4) is 0 Å². The molecule has 0 amide bonds. The van der Waals surface area contributed by atoms with Crippen LogP contribution < -0.4 is 0 Å². The molecule has 0 fully saturated rings. The normalized spacial score (nSPS) is 12.8. The van der Waals surface area contributed by atoms with Crippen molar-refractivity contribution in [1.82, 2.24) is 0 Å². The van der Waals surface area contributed by atoms with Gasteiger partial charge in [-0.3, -0.25) is 6.08 Å². The molecule has 0 nitrogen and oxygen atoms in total. The Balaban J connectivity index is 0.000000234. The van der Waals surface area contributed by atoms with Crippen molar-refractivity contribution < 1.29 is 25.8 Å². The van der Waals surface area contributed by atoms with Gasteiger partial charge in [-0.2, -0.15) is 33.4 Å². The number of fused-ring (bicyclic) bond motifs is 2. The molecule has 0 aliphatic heterocycles. The Hall–Kier alpha value is -1.34. The summed E-state index contributed by atoms with van der Waals surface area (Å²) < 4.78 is 0. The quantitative estimate of drug-likeness (QED) is 0.214. The van der Waals surface area contributed by atoms with Crippen LogP contribution in [0.25, 0.3) is 16.3 Å². The Bertz CT molecular complexity index is 958. The molecule has 3 aromatic carbocycles. The molecule has 3 aromatic rings. The van der Waals surface area contributed by atoms with Crippen molar-refractivity contribution in [2.24, 2.45) is 5.41 Å². The molecule has 29 heavy (non-hydrogen) atoms. The smallest absolute Gasteiger partial charge is 0 e. The summed E-state index contributed by atoms with van der Waals surface area (Å²) in [4.78, 5) is 0. The number of hydrogen-bond acceptors (Lipinski definition) is 0. The second-order valence-electron chi connectivity index (χ2n) is 9.55. The molecule has 0 bridgehead atoms. The Kier molecular flexibility index (Phi) is 7.60. The van der Waals surface area contributed by atoms with Crippen LogP contribution in [0, 0.1) is 46.1 Å². The summed E-state index contributed by atoms with van der Waals surface area (Å²) in [5, 5.41) is 2.68. The summed E-state index contributed by atoms with van der Waals surface area (Å²) in [7, 11) is 0. The SMILES string of the molecule is CC(C)(C)CC1=[C-]Cc2cc3ccccc3cc21.Cc1c(C)c(C)[c-](C)c1C.[Hf]. The zero-order valence-corrected chi connectivity index (χ0v) is 23.0. The van der Waals surface area contributed by atoms with E-state index in [4.69, 9.17) is 0 Å². The Morgan fingerprint density at radius 1 is 0.897 bits per heavy atom. The van der Waals surface area contributed by atoms with E-state index in [1.54, 1.807) is 0 Å². The molecule has 0 unspecified atom stereocenters. The number of rotatable bonds is 1. The molecule has 1 aliphatic carbocycles. The van der Waals surface area contributed by atoms with E-state index in [2.05, 4.69) is 97.9 Å². The molecule has 0 saturated heterocycles. The van der Waals surface area contributed by atoms with Crippen LogP contribution in [-0.2, 0) is 32.3 Å². The van der Waals surface area contributed by atoms with Gasteiger partial charge in [0, 0.05) is 25.8 Å². The molecule has 152 valence electrons. The summed E-state index contributed by atoms with van der Waals surface area (Å²) in [6.45, 7) is 17.9. The molecule has 0 saturated carbocycles. The third-order valence-electron chi connectivity index (χ3n) is 6.31. The van der Waals surface area contributed by atoms with Crippen molar-refractivity contribution >= 4 is 16.3 Å². The van der Waals surface area contributed by atoms with Crippen LogP contribution in [0.5, 0.6) is 0 Å². The van der Waals surface area contributed by atoms with Crippen molar-refractivity contribution in [2.75, 3.05) is 0 Å². The number of hydrogen-bond donors (Lipinski definition) is 0. The number of allylic oxidation sites excluding steroid dienone is 2. The first-order valence-electron chi connectivity index (χ1n) is 10.4. The minimum atomic E-state index is 0. The zero-order chi connectivity index (χ0) is 20.6. The zero-order valence-electron chi connectivity index (χ0n) is 19.4. The minimum absolute atomic E-state index is 0. The van der Waals surface area contributed by atoms with Gasteiger partial charge in [0.15, 0.2) is 0 Å². The van der Waals surface area contributed by atoms with Crippen LogP contribution in [0.3, 0.4) is 0 Å². The predicted molar refractivity (Wildman–Crippen MR) is 124 cm³/mol. The van der Waals surface area contributed by atoms with Crippen LogP contribution in [0.2, 0.25) is 0 Å². The van der Waals surface area contributed by atoms with E-state index in [0.29, 0.717) is 5.41 Å². The van der Waals surface area contributed by atoms with Gasteiger partial charge in [0.25, 0.3) is 0 Å².